The minimum absolute atomic E-state index is 0.183. The maximum Gasteiger partial charge on any atom is 0.408 e. The molecule has 5 rings (SSSR count). The summed E-state index contributed by atoms with van der Waals surface area (Å²) >= 11 is 6.31. The second-order valence-corrected chi connectivity index (χ2v) is 12.2. The van der Waals surface area contributed by atoms with E-state index >= 15 is 0 Å². The Morgan fingerprint density at radius 3 is 2.66 bits per heavy atom. The van der Waals surface area contributed by atoms with Gasteiger partial charge in [0, 0.05) is 17.5 Å². The molecule has 3 fully saturated rings. The van der Waals surface area contributed by atoms with E-state index < -0.39 is 50.8 Å². The van der Waals surface area contributed by atoms with Gasteiger partial charge in [0.15, 0.2) is 0 Å². The molecule has 3 amide bonds. The van der Waals surface area contributed by atoms with Gasteiger partial charge in [-0.05, 0) is 48.8 Å². The molecule has 188 valence electrons. The second-order valence-electron chi connectivity index (χ2n) is 9.80. The van der Waals surface area contributed by atoms with E-state index in [0.717, 1.165) is 11.1 Å². The highest BCUT2D eigenvalue weighted by molar-refractivity contribution is 7.91. The standard InChI is InChI=1S/C23H27ClN4O6S/c1-2-13-9-23(13,21(30)27-35(33,34)14-6-7-14)26-20(29)18-8-12(10-25-18)19-15-4-3-5-17(24)16(15)11-28(19)22(31)32/h2-5,12-14,18-19,25H,1,6-11H2,(H,26,29)(H,27,30)(H,31,32)/t12-,13-,18+,19?,23-/m1/s1. The molecule has 1 aromatic carbocycles. The molecule has 35 heavy (non-hydrogen) atoms. The molecule has 2 aliphatic carbocycles. The van der Waals surface area contributed by atoms with Crippen molar-refractivity contribution in [2.75, 3.05) is 6.54 Å². The normalized spacial score (nSPS) is 31.5. The van der Waals surface area contributed by atoms with Gasteiger partial charge in [0.2, 0.25) is 15.9 Å². The molecule has 0 radical (unpaired) electrons. The molecule has 1 saturated heterocycles. The van der Waals surface area contributed by atoms with Gasteiger partial charge in [-0.3, -0.25) is 19.2 Å². The Labute approximate surface area is 208 Å². The number of carbonyl (C=O) groups is 3. The van der Waals surface area contributed by atoms with E-state index in [2.05, 4.69) is 21.9 Å². The number of carboxylic acid groups (broad SMARTS) is 1. The van der Waals surface area contributed by atoms with Gasteiger partial charge in [0.1, 0.15) is 5.54 Å². The number of halogens is 1. The van der Waals surface area contributed by atoms with Gasteiger partial charge in [0.05, 0.1) is 23.9 Å². The summed E-state index contributed by atoms with van der Waals surface area (Å²) in [6.07, 6.45) is 2.13. The summed E-state index contributed by atoms with van der Waals surface area (Å²) in [6.45, 7) is 4.28. The van der Waals surface area contributed by atoms with Crippen LogP contribution in [0.1, 0.15) is 42.9 Å². The smallest absolute Gasteiger partial charge is 0.408 e. The quantitative estimate of drug-likeness (QED) is 0.397. The van der Waals surface area contributed by atoms with Gasteiger partial charge in [-0.15, -0.1) is 6.58 Å². The van der Waals surface area contributed by atoms with Crippen molar-refractivity contribution in [3.05, 3.63) is 47.0 Å². The minimum atomic E-state index is -3.75. The molecule has 4 aliphatic rings. The summed E-state index contributed by atoms with van der Waals surface area (Å²) in [5.74, 6) is -1.73. The number of hydrogen-bond acceptors (Lipinski definition) is 6. The molecule has 0 spiro atoms. The first-order valence-corrected chi connectivity index (χ1v) is 13.5. The highest BCUT2D eigenvalue weighted by Crippen LogP contribution is 2.46. The Kier molecular flexibility index (Phi) is 5.84. The van der Waals surface area contributed by atoms with Crippen molar-refractivity contribution in [1.29, 1.82) is 0 Å². The average Bonchev–Trinajstić information content (AvgIpc) is 3.68. The van der Waals surface area contributed by atoms with Crippen LogP contribution in [0.3, 0.4) is 0 Å². The lowest BCUT2D eigenvalue weighted by Crippen LogP contribution is -2.55. The maximum atomic E-state index is 13.2. The van der Waals surface area contributed by atoms with E-state index in [1.165, 1.54) is 4.90 Å². The number of carbonyl (C=O) groups excluding carboxylic acids is 2. The number of nitrogens with one attached hydrogen (secondary N) is 3. The van der Waals surface area contributed by atoms with Crippen LogP contribution in [0.2, 0.25) is 5.02 Å². The molecule has 0 bridgehead atoms. The summed E-state index contributed by atoms with van der Waals surface area (Å²) < 4.78 is 26.7. The van der Waals surface area contributed by atoms with Crippen molar-refractivity contribution < 1.29 is 27.9 Å². The largest absolute Gasteiger partial charge is 0.465 e. The SMILES string of the molecule is C=C[C@@H]1C[C@]1(NC(=O)[C@@H]1C[C@@H](C2c3cccc(Cl)c3CN2C(=O)O)CN1)C(=O)NS(=O)(=O)C1CC1. The average molecular weight is 523 g/mol. The fourth-order valence-corrected chi connectivity index (χ4v) is 6.98. The van der Waals surface area contributed by atoms with Crippen LogP contribution < -0.4 is 15.4 Å². The number of benzene rings is 1. The molecule has 2 saturated carbocycles. The van der Waals surface area contributed by atoms with E-state index in [1.807, 2.05) is 6.07 Å². The predicted octanol–water partition coefficient (Wildman–Crippen LogP) is 1.52. The number of nitrogens with zero attached hydrogens (tertiary/aromatic N) is 1. The Balaban J connectivity index is 1.29. The zero-order valence-electron chi connectivity index (χ0n) is 18.9. The van der Waals surface area contributed by atoms with Crippen LogP contribution in [-0.4, -0.2) is 59.7 Å². The third kappa shape index (κ3) is 4.19. The van der Waals surface area contributed by atoms with Crippen LogP contribution in [0.15, 0.2) is 30.9 Å². The minimum Gasteiger partial charge on any atom is -0.465 e. The Morgan fingerprint density at radius 1 is 1.29 bits per heavy atom. The lowest BCUT2D eigenvalue weighted by Gasteiger charge is -2.27. The molecule has 5 atom stereocenters. The van der Waals surface area contributed by atoms with E-state index in [1.54, 1.807) is 18.2 Å². The summed E-state index contributed by atoms with van der Waals surface area (Å²) in [7, 11) is -3.75. The van der Waals surface area contributed by atoms with Crippen LogP contribution in [0, 0.1) is 11.8 Å². The van der Waals surface area contributed by atoms with Crippen molar-refractivity contribution in [2.45, 2.75) is 55.1 Å². The van der Waals surface area contributed by atoms with Crippen molar-refractivity contribution >= 4 is 39.5 Å². The molecule has 2 aliphatic heterocycles. The summed E-state index contributed by atoms with van der Waals surface area (Å²) in [6, 6.07) is 4.27. The second kappa shape index (κ2) is 8.49. The highest BCUT2D eigenvalue weighted by atomic mass is 35.5. The summed E-state index contributed by atoms with van der Waals surface area (Å²) in [5.41, 5.74) is 0.262. The fraction of sp³-hybridized carbons (Fsp3) is 0.522. The summed E-state index contributed by atoms with van der Waals surface area (Å²) in [4.78, 5) is 39.4. The van der Waals surface area contributed by atoms with Gasteiger partial charge in [0.25, 0.3) is 5.91 Å². The van der Waals surface area contributed by atoms with Gasteiger partial charge >= 0.3 is 6.09 Å². The van der Waals surface area contributed by atoms with E-state index in [0.29, 0.717) is 30.8 Å². The number of amides is 3. The third-order valence-electron chi connectivity index (χ3n) is 7.56. The number of hydrogen-bond donors (Lipinski definition) is 4. The molecular weight excluding hydrogens is 496 g/mol. The molecule has 2 heterocycles. The first-order valence-electron chi connectivity index (χ1n) is 11.6. The van der Waals surface area contributed by atoms with Crippen LogP contribution in [0.25, 0.3) is 0 Å². The topological polar surface area (TPSA) is 145 Å². The van der Waals surface area contributed by atoms with Gasteiger partial charge in [-0.2, -0.15) is 0 Å². The van der Waals surface area contributed by atoms with Crippen molar-refractivity contribution in [3.8, 4) is 0 Å². The zero-order valence-corrected chi connectivity index (χ0v) is 20.4. The zero-order chi connectivity index (χ0) is 25.1. The first kappa shape index (κ1) is 24.1. The predicted molar refractivity (Wildman–Crippen MR) is 127 cm³/mol. The van der Waals surface area contributed by atoms with Crippen molar-refractivity contribution in [2.24, 2.45) is 11.8 Å². The Hall–Kier alpha value is -2.63. The van der Waals surface area contributed by atoms with E-state index in [-0.39, 0.29) is 24.8 Å². The van der Waals surface area contributed by atoms with Crippen molar-refractivity contribution in [3.63, 3.8) is 0 Å². The molecule has 0 aromatic heterocycles. The van der Waals surface area contributed by atoms with Crippen LogP contribution >= 0.6 is 11.6 Å². The monoisotopic (exact) mass is 522 g/mol. The first-order chi connectivity index (χ1) is 16.6. The molecular formula is C23H27ClN4O6S. The van der Waals surface area contributed by atoms with Crippen LogP contribution in [-0.2, 0) is 26.2 Å². The van der Waals surface area contributed by atoms with Crippen LogP contribution in [0.5, 0.6) is 0 Å². The maximum absolute atomic E-state index is 13.2. The lowest BCUT2D eigenvalue weighted by atomic mass is 9.90. The van der Waals surface area contributed by atoms with Gasteiger partial charge in [-0.25, -0.2) is 13.2 Å². The fourth-order valence-electron chi connectivity index (χ4n) is 5.38. The number of sulfonamides is 1. The molecule has 4 N–H and O–H groups in total. The Bertz CT molecular complexity index is 1220. The lowest BCUT2D eigenvalue weighted by molar-refractivity contribution is -0.130. The molecule has 1 unspecified atom stereocenters. The number of rotatable bonds is 7. The van der Waals surface area contributed by atoms with Crippen molar-refractivity contribution in [1.82, 2.24) is 20.3 Å². The highest BCUT2D eigenvalue weighted by Gasteiger charge is 2.61. The molecule has 1 aromatic rings. The summed E-state index contributed by atoms with van der Waals surface area (Å²) in [5, 5.41) is 15.6. The van der Waals surface area contributed by atoms with Gasteiger partial charge in [-0.1, -0.05) is 29.8 Å². The Morgan fingerprint density at radius 2 is 2.03 bits per heavy atom. The van der Waals surface area contributed by atoms with Crippen LogP contribution in [0.4, 0.5) is 4.79 Å². The molecule has 12 heteroatoms. The van der Waals surface area contributed by atoms with E-state index in [4.69, 9.17) is 11.6 Å². The van der Waals surface area contributed by atoms with E-state index in [9.17, 15) is 27.9 Å². The third-order valence-corrected chi connectivity index (χ3v) is 9.73. The van der Waals surface area contributed by atoms with Gasteiger partial charge < -0.3 is 15.7 Å². The number of fused-ring (bicyclic) bond motifs is 1. The molecule has 10 nitrogen and oxygen atoms in total.